The maximum atomic E-state index is 12.0. The van der Waals surface area contributed by atoms with Crippen LogP contribution in [0.3, 0.4) is 0 Å². The van der Waals surface area contributed by atoms with Gasteiger partial charge in [-0.05, 0) is 51.2 Å². The van der Waals surface area contributed by atoms with E-state index in [9.17, 15) is 10.1 Å². The summed E-state index contributed by atoms with van der Waals surface area (Å²) in [6.07, 6.45) is 2.07. The van der Waals surface area contributed by atoms with Gasteiger partial charge in [0.25, 0.3) is 0 Å². The van der Waals surface area contributed by atoms with Gasteiger partial charge in [-0.25, -0.2) is 0 Å². The van der Waals surface area contributed by atoms with Crippen molar-refractivity contribution in [3.63, 3.8) is 0 Å². The molecule has 3 nitrogen and oxygen atoms in total. The molecule has 1 atom stereocenters. The summed E-state index contributed by atoms with van der Waals surface area (Å²) >= 11 is 1.53. The van der Waals surface area contributed by atoms with Gasteiger partial charge in [-0.2, -0.15) is 5.26 Å². The van der Waals surface area contributed by atoms with E-state index in [4.69, 9.17) is 0 Å². The number of hydrogen-bond acceptors (Lipinski definition) is 3. The number of nitrogens with zero attached hydrogens (tertiary/aromatic N) is 1. The van der Waals surface area contributed by atoms with Crippen LogP contribution in [0.5, 0.6) is 0 Å². The third kappa shape index (κ3) is 3.55. The third-order valence-electron chi connectivity index (χ3n) is 3.73. The van der Waals surface area contributed by atoms with Crippen LogP contribution in [0.15, 0.2) is 23.1 Å². The second-order valence-electron chi connectivity index (χ2n) is 5.69. The van der Waals surface area contributed by atoms with Gasteiger partial charge in [0.05, 0.1) is 11.8 Å². The lowest BCUT2D eigenvalue weighted by Crippen LogP contribution is -2.47. The molecule has 0 saturated heterocycles. The first kappa shape index (κ1) is 14.9. The molecule has 4 heteroatoms. The summed E-state index contributed by atoms with van der Waals surface area (Å²) in [5.74, 6) is 0.614. The molecule has 0 heterocycles. The highest BCUT2D eigenvalue weighted by atomic mass is 32.2. The number of carbonyl (C=O) groups is 1. The number of benzene rings is 1. The molecule has 2 rings (SSSR count). The van der Waals surface area contributed by atoms with Crippen LogP contribution < -0.4 is 5.32 Å². The maximum Gasteiger partial charge on any atom is 0.231 e. The van der Waals surface area contributed by atoms with Crippen LogP contribution in [-0.2, 0) is 4.79 Å². The van der Waals surface area contributed by atoms with E-state index in [0.717, 1.165) is 17.7 Å². The van der Waals surface area contributed by atoms with Gasteiger partial charge in [-0.3, -0.25) is 4.79 Å². The van der Waals surface area contributed by atoms with Gasteiger partial charge in [-0.15, -0.1) is 11.8 Å². The Balaban J connectivity index is 1.92. The van der Waals surface area contributed by atoms with Crippen molar-refractivity contribution in [2.75, 3.05) is 5.75 Å². The van der Waals surface area contributed by atoms with E-state index in [1.807, 2.05) is 20.8 Å². The maximum absolute atomic E-state index is 12.0. The fourth-order valence-electron chi connectivity index (χ4n) is 2.21. The highest BCUT2D eigenvalue weighted by molar-refractivity contribution is 8.00. The molecule has 20 heavy (non-hydrogen) atoms. The van der Waals surface area contributed by atoms with Gasteiger partial charge in [0.15, 0.2) is 0 Å². The summed E-state index contributed by atoms with van der Waals surface area (Å²) < 4.78 is 0. The molecule has 1 N–H and O–H groups in total. The molecule has 1 fully saturated rings. The summed E-state index contributed by atoms with van der Waals surface area (Å²) in [6.45, 7) is 5.91. The standard InChI is InChI=1S/C16H20N2OS/c1-11-4-5-12(2)14(8-11)20-9-15(19)18-16(3,10-17)13-6-7-13/h4-5,8,13H,6-7,9H2,1-3H3,(H,18,19). The second-order valence-corrected chi connectivity index (χ2v) is 6.71. The number of carbonyl (C=O) groups excluding carboxylic acids is 1. The number of nitrogens with one attached hydrogen (secondary N) is 1. The molecule has 106 valence electrons. The summed E-state index contributed by atoms with van der Waals surface area (Å²) in [6, 6.07) is 8.48. The quantitative estimate of drug-likeness (QED) is 0.846. The van der Waals surface area contributed by atoms with E-state index in [0.29, 0.717) is 11.7 Å². The molecular formula is C16H20N2OS. The van der Waals surface area contributed by atoms with Crippen LogP contribution in [0.4, 0.5) is 0 Å². The molecule has 1 amide bonds. The van der Waals surface area contributed by atoms with E-state index in [1.54, 1.807) is 0 Å². The van der Waals surface area contributed by atoms with Crippen molar-refractivity contribution < 1.29 is 4.79 Å². The van der Waals surface area contributed by atoms with E-state index in [1.165, 1.54) is 22.9 Å². The van der Waals surface area contributed by atoms with Crippen LogP contribution in [0, 0.1) is 31.1 Å². The molecule has 1 aliphatic carbocycles. The Bertz CT molecular complexity index is 560. The smallest absolute Gasteiger partial charge is 0.231 e. The van der Waals surface area contributed by atoms with Crippen molar-refractivity contribution in [3.8, 4) is 6.07 Å². The molecule has 1 unspecified atom stereocenters. The topological polar surface area (TPSA) is 52.9 Å². The average molecular weight is 288 g/mol. The van der Waals surface area contributed by atoms with Gasteiger partial charge in [-0.1, -0.05) is 17.7 Å². The minimum absolute atomic E-state index is 0.0631. The minimum Gasteiger partial charge on any atom is -0.337 e. The Labute approximate surface area is 124 Å². The van der Waals surface area contributed by atoms with E-state index >= 15 is 0 Å². The number of amides is 1. The normalized spacial score (nSPS) is 17.1. The first-order valence-electron chi connectivity index (χ1n) is 6.87. The molecule has 0 radical (unpaired) electrons. The largest absolute Gasteiger partial charge is 0.337 e. The molecule has 0 bridgehead atoms. The fourth-order valence-corrected chi connectivity index (χ4v) is 3.14. The van der Waals surface area contributed by atoms with Gasteiger partial charge in [0.1, 0.15) is 5.54 Å². The minimum atomic E-state index is -0.695. The Morgan fingerprint density at radius 3 is 2.80 bits per heavy atom. The summed E-state index contributed by atoms with van der Waals surface area (Å²) in [7, 11) is 0. The highest BCUT2D eigenvalue weighted by Crippen LogP contribution is 2.39. The van der Waals surface area contributed by atoms with Crippen LogP contribution in [-0.4, -0.2) is 17.2 Å². The summed E-state index contributed by atoms with van der Waals surface area (Å²) in [5.41, 5.74) is 1.68. The van der Waals surface area contributed by atoms with Crippen molar-refractivity contribution in [2.24, 2.45) is 5.92 Å². The zero-order valence-corrected chi connectivity index (χ0v) is 13.0. The molecule has 0 spiro atoms. The SMILES string of the molecule is Cc1ccc(C)c(SCC(=O)NC(C)(C#N)C2CC2)c1. The lowest BCUT2D eigenvalue weighted by Gasteiger charge is -2.22. The first-order chi connectivity index (χ1) is 9.44. The molecule has 0 aliphatic heterocycles. The van der Waals surface area contributed by atoms with Crippen molar-refractivity contribution in [1.82, 2.24) is 5.32 Å². The van der Waals surface area contributed by atoms with E-state index < -0.39 is 5.54 Å². The van der Waals surface area contributed by atoms with Gasteiger partial charge < -0.3 is 5.32 Å². The number of thioether (sulfide) groups is 1. The average Bonchev–Trinajstić information content (AvgIpc) is 3.24. The van der Waals surface area contributed by atoms with Crippen LogP contribution >= 0.6 is 11.8 Å². The van der Waals surface area contributed by atoms with Crippen molar-refractivity contribution in [2.45, 2.75) is 44.0 Å². The number of aryl methyl sites for hydroxylation is 2. The Hall–Kier alpha value is -1.47. The van der Waals surface area contributed by atoms with Crippen molar-refractivity contribution in [3.05, 3.63) is 29.3 Å². The van der Waals surface area contributed by atoms with Gasteiger partial charge in [0.2, 0.25) is 5.91 Å². The molecular weight excluding hydrogens is 268 g/mol. The molecule has 0 aromatic heterocycles. The molecule has 1 aromatic rings. The van der Waals surface area contributed by atoms with Crippen LogP contribution in [0.2, 0.25) is 0 Å². The Morgan fingerprint density at radius 1 is 1.50 bits per heavy atom. The number of nitriles is 1. The third-order valence-corrected chi connectivity index (χ3v) is 4.88. The molecule has 1 saturated carbocycles. The predicted octanol–water partition coefficient (Wildman–Crippen LogP) is 3.20. The van der Waals surface area contributed by atoms with Gasteiger partial charge in [0, 0.05) is 4.90 Å². The van der Waals surface area contributed by atoms with Gasteiger partial charge >= 0.3 is 0 Å². The first-order valence-corrected chi connectivity index (χ1v) is 7.85. The molecule has 1 aromatic carbocycles. The van der Waals surface area contributed by atoms with E-state index in [-0.39, 0.29) is 5.91 Å². The fraction of sp³-hybridized carbons (Fsp3) is 0.500. The number of rotatable bonds is 5. The number of hydrogen-bond donors (Lipinski definition) is 1. The zero-order chi connectivity index (χ0) is 14.8. The van der Waals surface area contributed by atoms with Crippen LogP contribution in [0.25, 0.3) is 0 Å². The molecule has 1 aliphatic rings. The Kier molecular flexibility index (Phi) is 4.39. The van der Waals surface area contributed by atoms with Crippen molar-refractivity contribution >= 4 is 17.7 Å². The Morgan fingerprint density at radius 2 is 2.20 bits per heavy atom. The summed E-state index contributed by atoms with van der Waals surface area (Å²) in [4.78, 5) is 13.2. The lowest BCUT2D eigenvalue weighted by molar-refractivity contribution is -0.119. The van der Waals surface area contributed by atoms with Crippen molar-refractivity contribution in [1.29, 1.82) is 5.26 Å². The monoisotopic (exact) mass is 288 g/mol. The van der Waals surface area contributed by atoms with Crippen LogP contribution in [0.1, 0.15) is 30.9 Å². The summed E-state index contributed by atoms with van der Waals surface area (Å²) in [5, 5.41) is 12.1. The zero-order valence-electron chi connectivity index (χ0n) is 12.2. The van der Waals surface area contributed by atoms with E-state index in [2.05, 4.69) is 29.6 Å². The lowest BCUT2D eigenvalue weighted by atomic mass is 9.98. The second kappa shape index (κ2) is 5.88. The highest BCUT2D eigenvalue weighted by Gasteiger charge is 2.42. The predicted molar refractivity (Wildman–Crippen MR) is 81.5 cm³/mol.